The highest BCUT2D eigenvalue weighted by Crippen LogP contribution is 2.24. The van der Waals surface area contributed by atoms with Crippen LogP contribution in [-0.2, 0) is 16.0 Å². The smallest absolute Gasteiger partial charge is 0.305 e. The lowest BCUT2D eigenvalue weighted by Crippen LogP contribution is -2.35. The highest BCUT2D eigenvalue weighted by Gasteiger charge is 2.22. The maximum Gasteiger partial charge on any atom is 0.305 e. The van der Waals surface area contributed by atoms with E-state index < -0.39 is 12.0 Å². The van der Waals surface area contributed by atoms with Crippen molar-refractivity contribution in [3.63, 3.8) is 0 Å². The van der Waals surface area contributed by atoms with Crippen LogP contribution in [0, 0.1) is 24.4 Å². The van der Waals surface area contributed by atoms with Crippen molar-refractivity contribution in [3.8, 4) is 11.1 Å². The highest BCUT2D eigenvalue weighted by molar-refractivity contribution is 7.71. The molecular formula is C33H49N5O3S. The minimum absolute atomic E-state index is 0.0872. The van der Waals surface area contributed by atoms with Crippen molar-refractivity contribution in [2.45, 2.75) is 73.3 Å². The molecule has 3 rings (SSSR count). The van der Waals surface area contributed by atoms with Gasteiger partial charge in [0.05, 0.1) is 6.42 Å². The number of carbonyl (C=O) groups excluding carboxylic acids is 1. The van der Waals surface area contributed by atoms with Crippen LogP contribution in [0.2, 0.25) is 0 Å². The molecule has 42 heavy (non-hydrogen) atoms. The molecule has 3 aromatic heterocycles. The Hall–Kier alpha value is -3.43. The van der Waals surface area contributed by atoms with Gasteiger partial charge in [-0.25, -0.2) is 0 Å². The first-order valence-electron chi connectivity index (χ1n) is 14.7. The molecule has 1 amide bonds. The molecule has 8 nitrogen and oxygen atoms in total. The van der Waals surface area contributed by atoms with Gasteiger partial charge in [0.25, 0.3) is 0 Å². The zero-order valence-corrected chi connectivity index (χ0v) is 27.4. The van der Waals surface area contributed by atoms with Crippen LogP contribution >= 0.6 is 12.2 Å². The predicted molar refractivity (Wildman–Crippen MR) is 174 cm³/mol. The quantitative estimate of drug-likeness (QED) is 0.225. The summed E-state index contributed by atoms with van der Waals surface area (Å²) in [6.07, 6.45) is 9.98. The van der Waals surface area contributed by atoms with Gasteiger partial charge in [-0.1, -0.05) is 52.0 Å². The minimum Gasteiger partial charge on any atom is -0.481 e. The van der Waals surface area contributed by atoms with Crippen LogP contribution in [0.5, 0.6) is 0 Å². The number of nitrogens with one attached hydrogen (secondary N) is 1. The second kappa shape index (κ2) is 19.6. The summed E-state index contributed by atoms with van der Waals surface area (Å²) in [6.45, 7) is 13.4. The van der Waals surface area contributed by atoms with Crippen molar-refractivity contribution < 1.29 is 14.7 Å². The number of carboxylic acids is 1. The Morgan fingerprint density at radius 3 is 2.38 bits per heavy atom. The fourth-order valence-corrected chi connectivity index (χ4v) is 4.63. The Balaban J connectivity index is 0.000000459. The number of carboxylic acid groups (broad SMARTS) is 1. The fraction of sp³-hybridized carbons (Fsp3) is 0.485. The summed E-state index contributed by atoms with van der Waals surface area (Å²) in [6, 6.07) is 9.49. The number of aliphatic carboxylic acids is 1. The van der Waals surface area contributed by atoms with Crippen molar-refractivity contribution in [1.82, 2.24) is 24.8 Å². The lowest BCUT2D eigenvalue weighted by atomic mass is 10.0. The number of nitrogens with zero attached hydrogens (tertiary/aromatic N) is 4. The van der Waals surface area contributed by atoms with E-state index in [1.165, 1.54) is 11.1 Å². The zero-order chi connectivity index (χ0) is 31.7. The fourth-order valence-electron chi connectivity index (χ4n) is 4.39. The summed E-state index contributed by atoms with van der Waals surface area (Å²) in [5.41, 5.74) is 5.77. The van der Waals surface area contributed by atoms with Crippen LogP contribution < -0.4 is 5.32 Å². The van der Waals surface area contributed by atoms with E-state index >= 15 is 0 Å². The molecule has 0 aliphatic carbocycles. The Labute approximate surface area is 257 Å². The highest BCUT2D eigenvalue weighted by atomic mass is 32.1. The van der Waals surface area contributed by atoms with Gasteiger partial charge in [0, 0.05) is 48.2 Å². The Kier molecular flexibility index (Phi) is 17.1. The van der Waals surface area contributed by atoms with Crippen molar-refractivity contribution in [1.29, 1.82) is 0 Å². The summed E-state index contributed by atoms with van der Waals surface area (Å²) in [5.74, 6) is -0.795. The average molecular weight is 596 g/mol. The van der Waals surface area contributed by atoms with Gasteiger partial charge in [0.1, 0.15) is 10.7 Å². The van der Waals surface area contributed by atoms with E-state index in [1.807, 2.05) is 82.3 Å². The number of aryl methyl sites for hydroxylation is 3. The number of aromatic nitrogens is 3. The Bertz CT molecular complexity index is 1270. The largest absolute Gasteiger partial charge is 0.481 e. The first-order valence-corrected chi connectivity index (χ1v) is 15.1. The van der Waals surface area contributed by atoms with Gasteiger partial charge in [-0.05, 0) is 89.0 Å². The summed E-state index contributed by atoms with van der Waals surface area (Å²) in [4.78, 5) is 33.9. The molecule has 0 bridgehead atoms. The molecule has 0 fully saturated rings. The van der Waals surface area contributed by atoms with Crippen LogP contribution in [0.1, 0.15) is 69.8 Å². The molecule has 0 radical (unpaired) electrons. The number of carbonyl (C=O) groups is 2. The van der Waals surface area contributed by atoms with Crippen molar-refractivity contribution >= 4 is 24.1 Å². The molecular weight excluding hydrogens is 546 g/mol. The summed E-state index contributed by atoms with van der Waals surface area (Å²) < 4.78 is 2.47. The number of rotatable bonds is 12. The topological polar surface area (TPSA) is 100 Å². The first kappa shape index (κ1) is 36.6. The summed E-state index contributed by atoms with van der Waals surface area (Å²) >= 11 is 5.45. The molecule has 2 N–H and O–H groups in total. The van der Waals surface area contributed by atoms with Gasteiger partial charge in [-0.3, -0.25) is 19.6 Å². The first-order chi connectivity index (χ1) is 20.0. The number of hydrogen-bond donors (Lipinski definition) is 2. The lowest BCUT2D eigenvalue weighted by Gasteiger charge is -2.23. The maximum atomic E-state index is 12.6. The molecule has 3 heterocycles. The third-order valence-corrected chi connectivity index (χ3v) is 6.69. The van der Waals surface area contributed by atoms with Crippen molar-refractivity contribution in [2.24, 2.45) is 5.92 Å². The Morgan fingerprint density at radius 2 is 1.81 bits per heavy atom. The molecule has 0 saturated heterocycles. The van der Waals surface area contributed by atoms with Gasteiger partial charge in [0.2, 0.25) is 5.91 Å². The van der Waals surface area contributed by atoms with Gasteiger partial charge < -0.3 is 19.9 Å². The standard InChI is InChI=1S/C19H31N3O3S.C12H12N2.C2H6/c1-14(2)12-16(19(25)20-10-9-18(23)24)22-13-15(7-8-17(22)26)6-5-11-21(3)4;1-9-5-7-14-10(2)12(9)11-4-3-6-13-8-11;1-2/h7-8,13-14,16H,5-6,9-12H2,1-4H3,(H,20,25)(H,23,24);3-8H,1-2H3;1-2H3. The van der Waals surface area contributed by atoms with E-state index in [0.29, 0.717) is 17.0 Å². The number of pyridine rings is 3. The normalized spacial score (nSPS) is 11.2. The molecule has 230 valence electrons. The number of hydrogen-bond acceptors (Lipinski definition) is 6. The summed E-state index contributed by atoms with van der Waals surface area (Å²) in [5, 5.41) is 11.5. The SMILES string of the molecule is CC.CC(C)CC(C(=O)NCCC(=O)O)n1cc(CCCN(C)C)ccc1=S.Cc1ccnc(C)c1-c1cccnc1. The average Bonchev–Trinajstić information content (AvgIpc) is 2.94. The van der Waals surface area contributed by atoms with Crippen LogP contribution in [0.15, 0.2) is 55.1 Å². The second-order valence-electron chi connectivity index (χ2n) is 10.6. The third-order valence-electron chi connectivity index (χ3n) is 6.34. The van der Waals surface area contributed by atoms with E-state index in [0.717, 1.165) is 36.2 Å². The second-order valence-corrected chi connectivity index (χ2v) is 11.0. The van der Waals surface area contributed by atoms with Gasteiger partial charge >= 0.3 is 5.97 Å². The molecule has 0 aromatic carbocycles. The van der Waals surface area contributed by atoms with Crippen LogP contribution in [0.3, 0.4) is 0 Å². The Morgan fingerprint density at radius 1 is 1.10 bits per heavy atom. The van der Waals surface area contributed by atoms with Gasteiger partial charge in [-0.15, -0.1) is 0 Å². The molecule has 1 atom stereocenters. The molecule has 0 saturated carbocycles. The van der Waals surface area contributed by atoms with E-state index in [2.05, 4.69) is 47.0 Å². The van der Waals surface area contributed by atoms with E-state index in [1.54, 1.807) is 6.20 Å². The van der Waals surface area contributed by atoms with Gasteiger partial charge in [0.15, 0.2) is 0 Å². The zero-order valence-electron chi connectivity index (χ0n) is 26.6. The molecule has 1 unspecified atom stereocenters. The molecule has 9 heteroatoms. The van der Waals surface area contributed by atoms with Crippen LogP contribution in [0.4, 0.5) is 0 Å². The third kappa shape index (κ3) is 13.0. The number of amides is 1. The minimum atomic E-state index is -0.926. The monoisotopic (exact) mass is 595 g/mol. The van der Waals surface area contributed by atoms with Crippen molar-refractivity contribution in [2.75, 3.05) is 27.2 Å². The molecule has 0 aliphatic heterocycles. The lowest BCUT2D eigenvalue weighted by molar-refractivity contribution is -0.137. The van der Waals surface area contributed by atoms with E-state index in [4.69, 9.17) is 17.3 Å². The predicted octanol–water partition coefficient (Wildman–Crippen LogP) is 6.68. The van der Waals surface area contributed by atoms with E-state index in [-0.39, 0.29) is 18.9 Å². The molecule has 3 aromatic rings. The van der Waals surface area contributed by atoms with Crippen molar-refractivity contribution in [3.05, 3.63) is 76.6 Å². The molecule has 0 spiro atoms. The van der Waals surface area contributed by atoms with Gasteiger partial charge in [-0.2, -0.15) is 0 Å². The summed E-state index contributed by atoms with van der Waals surface area (Å²) in [7, 11) is 4.10. The van der Waals surface area contributed by atoms with Crippen LogP contribution in [0.25, 0.3) is 11.1 Å². The van der Waals surface area contributed by atoms with Crippen LogP contribution in [-0.4, -0.2) is 63.6 Å². The molecule has 0 aliphatic rings. The van der Waals surface area contributed by atoms with E-state index in [9.17, 15) is 9.59 Å². The maximum absolute atomic E-state index is 12.6.